The Morgan fingerprint density at radius 3 is 2.83 bits per heavy atom. The second-order valence-corrected chi connectivity index (χ2v) is 2.58. The van der Waals surface area contributed by atoms with Gasteiger partial charge in [0.15, 0.2) is 0 Å². The quantitative estimate of drug-likeness (QED) is 0.726. The van der Waals surface area contributed by atoms with E-state index in [2.05, 4.69) is 0 Å². The minimum atomic E-state index is -0.525. The third-order valence-electron chi connectivity index (χ3n) is 1.39. The van der Waals surface area contributed by atoms with Crippen molar-refractivity contribution in [2.24, 2.45) is 0 Å². The normalized spacial score (nSPS) is 9.92. The average molecular weight is 190 g/mol. The van der Waals surface area contributed by atoms with Crippen LogP contribution < -0.4 is 10.5 Å². The molecule has 0 aromatic heterocycles. The van der Waals surface area contributed by atoms with Gasteiger partial charge < -0.3 is 10.5 Å². The standard InChI is InChI=1S/C8H9ClFNO/c1-2-12-6-4-3-5(10)8(11)7(6)9/h3-4H,2,11H2,1H3. The zero-order chi connectivity index (χ0) is 9.14. The molecule has 1 aromatic carbocycles. The highest BCUT2D eigenvalue weighted by Crippen LogP contribution is 2.31. The Morgan fingerprint density at radius 2 is 2.25 bits per heavy atom. The lowest BCUT2D eigenvalue weighted by atomic mass is 10.3. The minimum Gasteiger partial charge on any atom is -0.492 e. The molecule has 1 rings (SSSR count). The van der Waals surface area contributed by atoms with Crippen LogP contribution in [-0.4, -0.2) is 6.61 Å². The van der Waals surface area contributed by atoms with Gasteiger partial charge in [-0.15, -0.1) is 0 Å². The maximum atomic E-state index is 12.7. The van der Waals surface area contributed by atoms with Crippen molar-refractivity contribution in [3.8, 4) is 5.75 Å². The fourth-order valence-corrected chi connectivity index (χ4v) is 1.02. The van der Waals surface area contributed by atoms with E-state index in [1.165, 1.54) is 12.1 Å². The summed E-state index contributed by atoms with van der Waals surface area (Å²) in [4.78, 5) is 0. The molecule has 0 heterocycles. The van der Waals surface area contributed by atoms with E-state index in [1.807, 2.05) is 6.92 Å². The number of benzene rings is 1. The highest BCUT2D eigenvalue weighted by atomic mass is 35.5. The van der Waals surface area contributed by atoms with Crippen molar-refractivity contribution < 1.29 is 9.13 Å². The van der Waals surface area contributed by atoms with Crippen LogP contribution >= 0.6 is 11.6 Å². The summed E-state index contributed by atoms with van der Waals surface area (Å²) < 4.78 is 17.8. The molecule has 0 aliphatic heterocycles. The molecule has 12 heavy (non-hydrogen) atoms. The molecule has 66 valence electrons. The smallest absolute Gasteiger partial charge is 0.147 e. The summed E-state index contributed by atoms with van der Waals surface area (Å²) in [5.41, 5.74) is 5.26. The molecule has 0 bridgehead atoms. The zero-order valence-electron chi connectivity index (χ0n) is 6.60. The average Bonchev–Trinajstić information content (AvgIpc) is 2.07. The Bertz CT molecular complexity index is 291. The van der Waals surface area contributed by atoms with Crippen LogP contribution in [0, 0.1) is 5.82 Å². The summed E-state index contributed by atoms with van der Waals surface area (Å²) in [6.07, 6.45) is 0. The van der Waals surface area contributed by atoms with Gasteiger partial charge in [-0.1, -0.05) is 11.6 Å². The second kappa shape index (κ2) is 3.63. The Balaban J connectivity index is 3.08. The van der Waals surface area contributed by atoms with Crippen LogP contribution in [-0.2, 0) is 0 Å². The van der Waals surface area contributed by atoms with E-state index < -0.39 is 5.82 Å². The van der Waals surface area contributed by atoms with E-state index in [-0.39, 0.29) is 10.7 Å². The number of anilines is 1. The predicted molar refractivity (Wildman–Crippen MR) is 47.0 cm³/mol. The third kappa shape index (κ3) is 1.61. The highest BCUT2D eigenvalue weighted by Gasteiger charge is 2.08. The molecule has 4 heteroatoms. The Labute approximate surface area is 75.1 Å². The number of ether oxygens (including phenoxy) is 1. The lowest BCUT2D eigenvalue weighted by Gasteiger charge is -2.07. The van der Waals surface area contributed by atoms with Gasteiger partial charge in [0.1, 0.15) is 16.6 Å². The minimum absolute atomic E-state index is 0.0670. The summed E-state index contributed by atoms with van der Waals surface area (Å²) >= 11 is 5.69. The molecule has 0 saturated carbocycles. The number of hydrogen-bond donors (Lipinski definition) is 1. The maximum Gasteiger partial charge on any atom is 0.147 e. The van der Waals surface area contributed by atoms with Crippen molar-refractivity contribution in [3.63, 3.8) is 0 Å². The topological polar surface area (TPSA) is 35.2 Å². The van der Waals surface area contributed by atoms with Crippen LogP contribution in [0.25, 0.3) is 0 Å². The van der Waals surface area contributed by atoms with Gasteiger partial charge in [-0.3, -0.25) is 0 Å². The fraction of sp³-hybridized carbons (Fsp3) is 0.250. The summed E-state index contributed by atoms with van der Waals surface area (Å²) in [5.74, 6) is -0.110. The molecule has 0 amide bonds. The monoisotopic (exact) mass is 189 g/mol. The largest absolute Gasteiger partial charge is 0.492 e. The number of halogens is 2. The van der Waals surface area contributed by atoms with Gasteiger partial charge in [-0.05, 0) is 19.1 Å². The Kier molecular flexibility index (Phi) is 2.76. The van der Waals surface area contributed by atoms with Gasteiger partial charge in [0.2, 0.25) is 0 Å². The fourth-order valence-electron chi connectivity index (χ4n) is 0.816. The maximum absolute atomic E-state index is 12.7. The lowest BCUT2D eigenvalue weighted by Crippen LogP contribution is -1.97. The van der Waals surface area contributed by atoms with Crippen molar-refractivity contribution in [2.45, 2.75) is 6.92 Å². The van der Waals surface area contributed by atoms with Crippen LogP contribution in [0.15, 0.2) is 12.1 Å². The van der Waals surface area contributed by atoms with Gasteiger partial charge in [0, 0.05) is 0 Å². The zero-order valence-corrected chi connectivity index (χ0v) is 7.36. The molecule has 1 aromatic rings. The molecule has 0 aliphatic rings. The summed E-state index contributed by atoms with van der Waals surface area (Å²) in [7, 11) is 0. The van der Waals surface area contributed by atoms with Gasteiger partial charge in [-0.25, -0.2) is 4.39 Å². The molecule has 2 nitrogen and oxygen atoms in total. The van der Waals surface area contributed by atoms with Crippen LogP contribution in [0.3, 0.4) is 0 Å². The van der Waals surface area contributed by atoms with Crippen molar-refractivity contribution in [1.82, 2.24) is 0 Å². The van der Waals surface area contributed by atoms with Crippen molar-refractivity contribution in [2.75, 3.05) is 12.3 Å². The van der Waals surface area contributed by atoms with Crippen molar-refractivity contribution >= 4 is 17.3 Å². The van der Waals surface area contributed by atoms with Gasteiger partial charge in [-0.2, -0.15) is 0 Å². The predicted octanol–water partition coefficient (Wildman–Crippen LogP) is 2.46. The molecule has 0 saturated heterocycles. The van der Waals surface area contributed by atoms with Crippen LogP contribution in [0.5, 0.6) is 5.75 Å². The molecular formula is C8H9ClFNO. The first-order valence-electron chi connectivity index (χ1n) is 3.53. The second-order valence-electron chi connectivity index (χ2n) is 2.21. The van der Waals surface area contributed by atoms with Gasteiger partial charge in [0.25, 0.3) is 0 Å². The third-order valence-corrected chi connectivity index (χ3v) is 1.78. The Morgan fingerprint density at radius 1 is 1.58 bits per heavy atom. The van der Waals surface area contributed by atoms with Crippen LogP contribution in [0.2, 0.25) is 5.02 Å². The molecule has 0 aliphatic carbocycles. The lowest BCUT2D eigenvalue weighted by molar-refractivity contribution is 0.340. The van der Waals surface area contributed by atoms with E-state index in [4.69, 9.17) is 22.1 Å². The molecule has 2 N–H and O–H groups in total. The number of hydrogen-bond acceptors (Lipinski definition) is 2. The van der Waals surface area contributed by atoms with E-state index in [1.54, 1.807) is 0 Å². The number of nitrogens with two attached hydrogens (primary N) is 1. The highest BCUT2D eigenvalue weighted by molar-refractivity contribution is 6.34. The SMILES string of the molecule is CCOc1ccc(F)c(N)c1Cl. The molecular weight excluding hydrogens is 181 g/mol. The van der Waals surface area contributed by atoms with E-state index in [0.717, 1.165) is 0 Å². The van der Waals surface area contributed by atoms with Gasteiger partial charge in [0.05, 0.1) is 12.3 Å². The number of rotatable bonds is 2. The first kappa shape index (κ1) is 9.13. The van der Waals surface area contributed by atoms with E-state index >= 15 is 0 Å². The Hall–Kier alpha value is -0.960. The summed E-state index contributed by atoms with van der Waals surface area (Å²) in [6.45, 7) is 2.29. The van der Waals surface area contributed by atoms with Crippen molar-refractivity contribution in [3.05, 3.63) is 23.0 Å². The molecule has 0 atom stereocenters. The number of nitrogen functional groups attached to an aromatic ring is 1. The van der Waals surface area contributed by atoms with Crippen LogP contribution in [0.1, 0.15) is 6.92 Å². The summed E-state index contributed by atoms with van der Waals surface area (Å²) in [6, 6.07) is 2.68. The first-order valence-corrected chi connectivity index (χ1v) is 3.91. The molecule has 0 unspecified atom stereocenters. The molecule has 0 fully saturated rings. The summed E-state index contributed by atoms with van der Waals surface area (Å²) in [5, 5.41) is 0.136. The molecule has 0 spiro atoms. The van der Waals surface area contributed by atoms with Gasteiger partial charge >= 0.3 is 0 Å². The van der Waals surface area contributed by atoms with Crippen molar-refractivity contribution in [1.29, 1.82) is 0 Å². The van der Waals surface area contributed by atoms with E-state index in [9.17, 15) is 4.39 Å². The van der Waals surface area contributed by atoms with E-state index in [0.29, 0.717) is 12.4 Å². The molecule has 0 radical (unpaired) electrons. The van der Waals surface area contributed by atoms with Crippen LogP contribution in [0.4, 0.5) is 10.1 Å². The first-order chi connectivity index (χ1) is 5.66.